The number of hydrogen-bond acceptors (Lipinski definition) is 4. The Bertz CT molecular complexity index is 295. The van der Waals surface area contributed by atoms with Crippen molar-refractivity contribution >= 4 is 11.8 Å². The molecule has 2 aliphatic rings. The first kappa shape index (κ1) is 9.66. The van der Waals surface area contributed by atoms with Crippen molar-refractivity contribution in [3.05, 3.63) is 11.6 Å². The van der Waals surface area contributed by atoms with Crippen LogP contribution in [0, 0.1) is 0 Å². The molecule has 82 valence electrons. The summed E-state index contributed by atoms with van der Waals surface area (Å²) in [5, 5.41) is 10.8. The van der Waals surface area contributed by atoms with Gasteiger partial charge in [-0.15, -0.1) is 0 Å². The fourth-order valence-electron chi connectivity index (χ4n) is 2.28. The largest absolute Gasteiger partial charge is 0.316 e. The van der Waals surface area contributed by atoms with Crippen LogP contribution in [0.4, 0.5) is 0 Å². The first-order chi connectivity index (χ1) is 7.43. The van der Waals surface area contributed by atoms with Crippen molar-refractivity contribution < 1.29 is 0 Å². The molecule has 0 bridgehead atoms. The smallest absolute Gasteiger partial charge is 0.154 e. The number of aromatic nitrogens is 3. The van der Waals surface area contributed by atoms with Crippen molar-refractivity contribution in [1.29, 1.82) is 0 Å². The highest BCUT2D eigenvalue weighted by Crippen LogP contribution is 2.31. The Morgan fingerprint density at radius 2 is 2.27 bits per heavy atom. The van der Waals surface area contributed by atoms with E-state index in [4.69, 9.17) is 0 Å². The molecule has 4 nitrogen and oxygen atoms in total. The third-order valence-corrected chi connectivity index (χ3v) is 4.42. The average molecular weight is 224 g/mol. The molecule has 3 heterocycles. The lowest BCUT2D eigenvalue weighted by atomic mass is 10.1. The second-order valence-electron chi connectivity index (χ2n) is 4.33. The van der Waals surface area contributed by atoms with Gasteiger partial charge in [-0.2, -0.15) is 16.9 Å². The van der Waals surface area contributed by atoms with Gasteiger partial charge in [-0.25, -0.2) is 4.98 Å². The molecule has 0 aromatic carbocycles. The van der Waals surface area contributed by atoms with Gasteiger partial charge >= 0.3 is 0 Å². The number of rotatable bonds is 2. The molecular formula is C10H16N4S. The lowest BCUT2D eigenvalue weighted by Crippen LogP contribution is -2.09. The maximum atomic E-state index is 4.65. The summed E-state index contributed by atoms with van der Waals surface area (Å²) in [5.74, 6) is 5.74. The molecule has 1 aromatic rings. The summed E-state index contributed by atoms with van der Waals surface area (Å²) in [6, 6.07) is 0. The summed E-state index contributed by atoms with van der Waals surface area (Å²) in [4.78, 5) is 4.65. The Morgan fingerprint density at radius 3 is 3.00 bits per heavy atom. The van der Waals surface area contributed by atoms with Crippen LogP contribution in [0.1, 0.15) is 36.3 Å². The van der Waals surface area contributed by atoms with E-state index < -0.39 is 0 Å². The minimum atomic E-state index is 0.556. The van der Waals surface area contributed by atoms with E-state index in [1.165, 1.54) is 24.3 Å². The van der Waals surface area contributed by atoms with Gasteiger partial charge in [0.05, 0.1) is 0 Å². The van der Waals surface area contributed by atoms with Crippen LogP contribution in [0.25, 0.3) is 0 Å². The SMILES string of the molecule is C1CC(c2nc(C3CCSC3)n[nH]2)CN1. The predicted octanol–water partition coefficient (Wildman–Crippen LogP) is 1.10. The van der Waals surface area contributed by atoms with Gasteiger partial charge < -0.3 is 5.32 Å². The number of aromatic amines is 1. The van der Waals surface area contributed by atoms with Gasteiger partial charge in [0.1, 0.15) is 5.82 Å². The van der Waals surface area contributed by atoms with E-state index in [-0.39, 0.29) is 0 Å². The van der Waals surface area contributed by atoms with E-state index in [0.29, 0.717) is 11.8 Å². The average Bonchev–Trinajstić information content (AvgIpc) is 3.02. The van der Waals surface area contributed by atoms with Crippen LogP contribution < -0.4 is 5.32 Å². The first-order valence-electron chi connectivity index (χ1n) is 5.64. The molecule has 0 saturated carbocycles. The van der Waals surface area contributed by atoms with E-state index in [1.54, 1.807) is 0 Å². The molecule has 5 heteroatoms. The summed E-state index contributed by atoms with van der Waals surface area (Å²) < 4.78 is 0. The zero-order chi connectivity index (χ0) is 10.1. The number of hydrogen-bond donors (Lipinski definition) is 2. The number of H-pyrrole nitrogens is 1. The van der Waals surface area contributed by atoms with E-state index in [1.807, 2.05) is 11.8 Å². The third-order valence-electron chi connectivity index (χ3n) is 3.26. The lowest BCUT2D eigenvalue weighted by molar-refractivity contribution is 0.699. The van der Waals surface area contributed by atoms with Crippen LogP contribution in [-0.2, 0) is 0 Å². The lowest BCUT2D eigenvalue weighted by Gasteiger charge is -2.02. The van der Waals surface area contributed by atoms with Crippen molar-refractivity contribution in [1.82, 2.24) is 20.5 Å². The number of nitrogens with zero attached hydrogens (tertiary/aromatic N) is 2. The molecule has 2 atom stereocenters. The fourth-order valence-corrected chi connectivity index (χ4v) is 3.50. The van der Waals surface area contributed by atoms with Gasteiger partial charge in [-0.1, -0.05) is 0 Å². The van der Waals surface area contributed by atoms with E-state index in [2.05, 4.69) is 20.5 Å². The molecule has 2 saturated heterocycles. The van der Waals surface area contributed by atoms with Gasteiger partial charge in [-0.3, -0.25) is 5.10 Å². The second-order valence-corrected chi connectivity index (χ2v) is 5.48. The maximum Gasteiger partial charge on any atom is 0.154 e. The molecule has 2 unspecified atom stereocenters. The molecule has 0 radical (unpaired) electrons. The second kappa shape index (κ2) is 4.14. The summed E-state index contributed by atoms with van der Waals surface area (Å²) in [6.07, 6.45) is 2.43. The Balaban J connectivity index is 1.74. The third kappa shape index (κ3) is 1.90. The van der Waals surface area contributed by atoms with Gasteiger partial charge in [0.15, 0.2) is 5.82 Å². The van der Waals surface area contributed by atoms with Crippen molar-refractivity contribution in [2.75, 3.05) is 24.6 Å². The highest BCUT2D eigenvalue weighted by molar-refractivity contribution is 7.99. The van der Waals surface area contributed by atoms with Gasteiger partial charge in [0.25, 0.3) is 0 Å². The number of thioether (sulfide) groups is 1. The number of nitrogens with one attached hydrogen (secondary N) is 2. The summed E-state index contributed by atoms with van der Waals surface area (Å²) in [6.45, 7) is 2.16. The molecule has 2 N–H and O–H groups in total. The molecule has 0 amide bonds. The Kier molecular flexibility index (Phi) is 2.66. The van der Waals surface area contributed by atoms with Crippen LogP contribution in [0.3, 0.4) is 0 Å². The minimum absolute atomic E-state index is 0.556. The molecule has 3 rings (SSSR count). The monoisotopic (exact) mass is 224 g/mol. The molecule has 1 aromatic heterocycles. The normalized spacial score (nSPS) is 31.2. The van der Waals surface area contributed by atoms with Crippen LogP contribution in [0.15, 0.2) is 0 Å². The summed E-state index contributed by atoms with van der Waals surface area (Å²) in [7, 11) is 0. The van der Waals surface area contributed by atoms with Gasteiger partial charge in [0, 0.05) is 24.1 Å². The van der Waals surface area contributed by atoms with Crippen molar-refractivity contribution in [3.8, 4) is 0 Å². The van der Waals surface area contributed by atoms with E-state index >= 15 is 0 Å². The molecule has 2 aliphatic heterocycles. The summed E-state index contributed by atoms with van der Waals surface area (Å²) in [5.41, 5.74) is 0. The van der Waals surface area contributed by atoms with Crippen LogP contribution in [0.2, 0.25) is 0 Å². The van der Waals surface area contributed by atoms with Gasteiger partial charge in [0.2, 0.25) is 0 Å². The highest BCUT2D eigenvalue weighted by Gasteiger charge is 2.25. The van der Waals surface area contributed by atoms with Gasteiger partial charge in [-0.05, 0) is 25.1 Å². The molecule has 0 aliphatic carbocycles. The zero-order valence-electron chi connectivity index (χ0n) is 8.70. The maximum absolute atomic E-state index is 4.65. The predicted molar refractivity (Wildman–Crippen MR) is 61.3 cm³/mol. The zero-order valence-corrected chi connectivity index (χ0v) is 9.52. The molecular weight excluding hydrogens is 208 g/mol. The fraction of sp³-hybridized carbons (Fsp3) is 0.800. The van der Waals surface area contributed by atoms with Crippen molar-refractivity contribution in [3.63, 3.8) is 0 Å². The molecule has 15 heavy (non-hydrogen) atoms. The first-order valence-corrected chi connectivity index (χ1v) is 6.79. The van der Waals surface area contributed by atoms with E-state index in [0.717, 1.165) is 24.7 Å². The van der Waals surface area contributed by atoms with Crippen LogP contribution in [-0.4, -0.2) is 39.8 Å². The minimum Gasteiger partial charge on any atom is -0.316 e. The quantitative estimate of drug-likeness (QED) is 0.790. The Labute approximate surface area is 93.6 Å². The highest BCUT2D eigenvalue weighted by atomic mass is 32.2. The summed E-state index contributed by atoms with van der Waals surface area (Å²) >= 11 is 2.01. The topological polar surface area (TPSA) is 53.6 Å². The molecule has 2 fully saturated rings. The molecule has 0 spiro atoms. The Hall–Kier alpha value is -0.550. The van der Waals surface area contributed by atoms with Crippen LogP contribution in [0.5, 0.6) is 0 Å². The standard InChI is InChI=1S/C10H16N4S/c1-3-11-5-7(1)9-12-10(14-13-9)8-2-4-15-6-8/h7-8,11H,1-6H2,(H,12,13,14). The van der Waals surface area contributed by atoms with Crippen molar-refractivity contribution in [2.45, 2.75) is 24.7 Å². The Morgan fingerprint density at radius 1 is 1.27 bits per heavy atom. The van der Waals surface area contributed by atoms with Crippen LogP contribution >= 0.6 is 11.8 Å². The van der Waals surface area contributed by atoms with Crippen molar-refractivity contribution in [2.24, 2.45) is 0 Å². The van der Waals surface area contributed by atoms with E-state index in [9.17, 15) is 0 Å².